The molecular weight excluding hydrogens is 372 g/mol. The van der Waals surface area contributed by atoms with Crippen LogP contribution in [-0.4, -0.2) is 39.4 Å². The van der Waals surface area contributed by atoms with Crippen LogP contribution in [0.5, 0.6) is 11.6 Å². The van der Waals surface area contributed by atoms with Gasteiger partial charge in [-0.3, -0.25) is 0 Å². The molecule has 0 aliphatic carbocycles. The van der Waals surface area contributed by atoms with Crippen LogP contribution in [0.1, 0.15) is 6.42 Å². The van der Waals surface area contributed by atoms with Gasteiger partial charge in [-0.1, -0.05) is 29.8 Å². The summed E-state index contributed by atoms with van der Waals surface area (Å²) in [6.07, 6.45) is -0.917. The number of benzene rings is 2. The van der Waals surface area contributed by atoms with Crippen LogP contribution in [0.2, 0.25) is 5.02 Å². The minimum absolute atomic E-state index is 0.0518. The van der Waals surface area contributed by atoms with Crippen LogP contribution in [0.4, 0.5) is 4.79 Å². The molecule has 3 aromatic rings. The summed E-state index contributed by atoms with van der Waals surface area (Å²) in [5, 5.41) is 22.5. The van der Waals surface area contributed by atoms with Crippen molar-refractivity contribution in [3.8, 4) is 28.6 Å². The summed E-state index contributed by atoms with van der Waals surface area (Å²) in [5.74, 6) is 0.574. The van der Waals surface area contributed by atoms with Crippen molar-refractivity contribution >= 4 is 17.8 Å². The lowest BCUT2D eigenvalue weighted by molar-refractivity contribution is 0.142. The highest BCUT2D eigenvalue weighted by Crippen LogP contribution is 2.30. The van der Waals surface area contributed by atoms with E-state index in [0.29, 0.717) is 35.2 Å². The summed E-state index contributed by atoms with van der Waals surface area (Å²) in [4.78, 5) is 10.9. The maximum Gasteiger partial charge on any atom is 0.512 e. The van der Waals surface area contributed by atoms with Crippen molar-refractivity contribution in [1.82, 2.24) is 9.78 Å². The third-order valence-corrected chi connectivity index (χ3v) is 3.87. The number of hydrogen-bond donors (Lipinski definition) is 2. The Morgan fingerprint density at radius 2 is 1.96 bits per heavy atom. The van der Waals surface area contributed by atoms with Crippen molar-refractivity contribution in [3.05, 3.63) is 59.6 Å². The molecule has 0 saturated carbocycles. The van der Waals surface area contributed by atoms with Crippen LogP contribution in [0.25, 0.3) is 16.9 Å². The molecule has 3 rings (SSSR count). The first kappa shape index (κ1) is 18.8. The van der Waals surface area contributed by atoms with Gasteiger partial charge in [0, 0.05) is 29.7 Å². The molecule has 140 valence electrons. The molecular formula is C19H17ClN2O5. The van der Waals surface area contributed by atoms with Gasteiger partial charge in [0.25, 0.3) is 0 Å². The first-order valence-corrected chi connectivity index (χ1v) is 8.55. The second-order valence-electron chi connectivity index (χ2n) is 5.58. The summed E-state index contributed by atoms with van der Waals surface area (Å²) in [6, 6.07) is 15.8. The fraction of sp³-hybridized carbons (Fsp3) is 0.158. The van der Waals surface area contributed by atoms with Crippen LogP contribution in [0.3, 0.4) is 0 Å². The number of ether oxygens (including phenoxy) is 2. The summed E-state index contributed by atoms with van der Waals surface area (Å²) >= 11 is 6.07. The molecule has 0 atom stereocenters. The van der Waals surface area contributed by atoms with Crippen LogP contribution >= 0.6 is 11.6 Å². The summed E-state index contributed by atoms with van der Waals surface area (Å²) in [5.41, 5.74) is 2.02. The number of hydrogen-bond acceptors (Lipinski definition) is 5. The lowest BCUT2D eigenvalue weighted by Crippen LogP contribution is -2.04. The molecule has 0 unspecified atom stereocenters. The van der Waals surface area contributed by atoms with E-state index < -0.39 is 6.16 Å². The van der Waals surface area contributed by atoms with E-state index in [-0.39, 0.29) is 12.5 Å². The zero-order valence-corrected chi connectivity index (χ0v) is 15.0. The van der Waals surface area contributed by atoms with Gasteiger partial charge in [-0.05, 0) is 30.3 Å². The first-order chi connectivity index (χ1) is 13.1. The van der Waals surface area contributed by atoms with Crippen molar-refractivity contribution in [2.75, 3.05) is 13.2 Å². The number of nitrogens with zero attached hydrogens (tertiary/aromatic N) is 2. The van der Waals surface area contributed by atoms with Crippen molar-refractivity contribution in [2.45, 2.75) is 6.42 Å². The zero-order valence-electron chi connectivity index (χ0n) is 14.2. The second kappa shape index (κ2) is 8.57. The number of aliphatic hydroxyl groups is 1. The van der Waals surface area contributed by atoms with Gasteiger partial charge in [0.15, 0.2) is 0 Å². The van der Waals surface area contributed by atoms with Crippen LogP contribution < -0.4 is 9.47 Å². The van der Waals surface area contributed by atoms with Gasteiger partial charge < -0.3 is 19.7 Å². The average Bonchev–Trinajstić information content (AvgIpc) is 3.05. The Hall–Kier alpha value is -3.03. The molecule has 7 nitrogen and oxygen atoms in total. The van der Waals surface area contributed by atoms with Gasteiger partial charge in [0.1, 0.15) is 5.75 Å². The number of carboxylic acid groups (broad SMARTS) is 1. The Bertz CT molecular complexity index is 941. The standard InChI is InChI=1S/C19H17ClN2O5/c20-14-5-2-6-15(11-14)22-17(12-18(21-22)27-19(24)25)13-4-1-7-16(10-13)26-9-3-8-23/h1-2,4-7,10-12,23H,3,8-9H2,(H,24,25). The van der Waals surface area contributed by atoms with E-state index in [4.69, 9.17) is 31.3 Å². The molecule has 1 heterocycles. The Balaban J connectivity index is 2.02. The van der Waals surface area contributed by atoms with Crippen LogP contribution in [-0.2, 0) is 0 Å². The highest BCUT2D eigenvalue weighted by molar-refractivity contribution is 6.30. The van der Waals surface area contributed by atoms with Crippen molar-refractivity contribution in [3.63, 3.8) is 0 Å². The monoisotopic (exact) mass is 388 g/mol. The molecule has 0 aliphatic rings. The predicted molar refractivity (Wildman–Crippen MR) is 99.9 cm³/mol. The third kappa shape index (κ3) is 4.78. The summed E-state index contributed by atoms with van der Waals surface area (Å²) < 4.78 is 11.9. The molecule has 0 aliphatic heterocycles. The van der Waals surface area contributed by atoms with Gasteiger partial charge in [-0.15, -0.1) is 5.10 Å². The van der Waals surface area contributed by atoms with Gasteiger partial charge in [-0.2, -0.15) is 0 Å². The van der Waals surface area contributed by atoms with Gasteiger partial charge in [0.05, 0.1) is 18.0 Å². The van der Waals surface area contributed by atoms with E-state index >= 15 is 0 Å². The van der Waals surface area contributed by atoms with Crippen LogP contribution in [0, 0.1) is 0 Å². The fourth-order valence-electron chi connectivity index (χ4n) is 2.51. The number of rotatable bonds is 7. The normalized spacial score (nSPS) is 10.6. The van der Waals surface area contributed by atoms with Crippen molar-refractivity contribution in [2.24, 2.45) is 0 Å². The smallest absolute Gasteiger partial charge is 0.493 e. The minimum atomic E-state index is -1.45. The number of carbonyl (C=O) groups is 1. The molecule has 0 amide bonds. The molecule has 2 N–H and O–H groups in total. The first-order valence-electron chi connectivity index (χ1n) is 8.17. The number of aromatic nitrogens is 2. The molecule has 0 spiro atoms. The van der Waals surface area contributed by atoms with E-state index in [1.54, 1.807) is 41.1 Å². The average molecular weight is 389 g/mol. The molecule has 27 heavy (non-hydrogen) atoms. The van der Waals surface area contributed by atoms with Gasteiger partial charge in [-0.25, -0.2) is 9.48 Å². The van der Waals surface area contributed by atoms with E-state index in [1.807, 2.05) is 12.1 Å². The SMILES string of the molecule is O=C(O)Oc1cc(-c2cccc(OCCCO)c2)n(-c2cccc(Cl)c2)n1. The lowest BCUT2D eigenvalue weighted by Gasteiger charge is -2.10. The Kier molecular flexibility index (Phi) is 5.95. The van der Waals surface area contributed by atoms with Gasteiger partial charge >= 0.3 is 6.16 Å². The van der Waals surface area contributed by atoms with Crippen LogP contribution in [0.15, 0.2) is 54.6 Å². The summed E-state index contributed by atoms with van der Waals surface area (Å²) in [7, 11) is 0. The Morgan fingerprint density at radius 1 is 1.15 bits per heavy atom. The minimum Gasteiger partial charge on any atom is -0.493 e. The lowest BCUT2D eigenvalue weighted by atomic mass is 10.1. The molecule has 1 aromatic heterocycles. The zero-order chi connectivity index (χ0) is 19.2. The van der Waals surface area contributed by atoms with Crippen molar-refractivity contribution in [1.29, 1.82) is 0 Å². The van der Waals surface area contributed by atoms with Gasteiger partial charge in [0.2, 0.25) is 5.88 Å². The van der Waals surface area contributed by atoms with Crippen molar-refractivity contribution < 1.29 is 24.5 Å². The third-order valence-electron chi connectivity index (χ3n) is 3.63. The van der Waals surface area contributed by atoms with E-state index in [2.05, 4.69) is 5.10 Å². The Labute approximate surface area is 160 Å². The molecule has 0 bridgehead atoms. The number of halogens is 1. The van der Waals surface area contributed by atoms with E-state index in [0.717, 1.165) is 5.56 Å². The Morgan fingerprint density at radius 3 is 2.70 bits per heavy atom. The highest BCUT2D eigenvalue weighted by Gasteiger charge is 2.15. The second-order valence-corrected chi connectivity index (χ2v) is 6.02. The topological polar surface area (TPSA) is 93.8 Å². The molecule has 0 saturated heterocycles. The maximum absolute atomic E-state index is 10.9. The molecule has 0 radical (unpaired) electrons. The molecule has 0 fully saturated rings. The fourth-order valence-corrected chi connectivity index (χ4v) is 2.69. The largest absolute Gasteiger partial charge is 0.512 e. The molecule has 8 heteroatoms. The van der Waals surface area contributed by atoms with E-state index in [1.165, 1.54) is 6.07 Å². The number of aliphatic hydroxyl groups excluding tert-OH is 1. The quantitative estimate of drug-likeness (QED) is 0.469. The predicted octanol–water partition coefficient (Wildman–Crippen LogP) is 4.01. The summed E-state index contributed by atoms with van der Waals surface area (Å²) in [6.45, 7) is 0.442. The maximum atomic E-state index is 10.9. The molecule has 2 aromatic carbocycles. The highest BCUT2D eigenvalue weighted by atomic mass is 35.5. The van der Waals surface area contributed by atoms with E-state index in [9.17, 15) is 4.79 Å².